The summed E-state index contributed by atoms with van der Waals surface area (Å²) in [7, 11) is 0. The molecular formula is C46H26N2O2. The minimum Gasteiger partial charge on any atom is -0.456 e. The molecule has 4 nitrogen and oxygen atoms in total. The highest BCUT2D eigenvalue weighted by Crippen LogP contribution is 2.42. The molecule has 0 saturated heterocycles. The molecule has 3 aromatic heterocycles. The number of furan rings is 2. The van der Waals surface area contributed by atoms with Gasteiger partial charge in [0.15, 0.2) is 11.4 Å². The van der Waals surface area contributed by atoms with Crippen molar-refractivity contribution in [2.24, 2.45) is 0 Å². The summed E-state index contributed by atoms with van der Waals surface area (Å²) in [6.07, 6.45) is 0. The van der Waals surface area contributed by atoms with Crippen molar-refractivity contribution in [2.45, 2.75) is 0 Å². The van der Waals surface area contributed by atoms with Crippen molar-refractivity contribution in [3.05, 3.63) is 158 Å². The van der Waals surface area contributed by atoms with Gasteiger partial charge in [0.1, 0.15) is 28.0 Å². The molecule has 0 saturated carbocycles. The zero-order chi connectivity index (χ0) is 32.8. The third-order valence-corrected chi connectivity index (χ3v) is 10.1. The normalized spacial score (nSPS) is 12.0. The van der Waals surface area contributed by atoms with Crippen molar-refractivity contribution in [3.8, 4) is 33.8 Å². The third-order valence-electron chi connectivity index (χ3n) is 10.1. The van der Waals surface area contributed by atoms with Gasteiger partial charge in [0.2, 0.25) is 0 Å². The van der Waals surface area contributed by atoms with Crippen molar-refractivity contribution in [2.75, 3.05) is 0 Å². The van der Waals surface area contributed by atoms with E-state index in [4.69, 9.17) is 18.8 Å². The van der Waals surface area contributed by atoms with E-state index in [2.05, 4.69) is 109 Å². The molecule has 0 aliphatic carbocycles. The van der Waals surface area contributed by atoms with Gasteiger partial charge in [0, 0.05) is 27.3 Å². The van der Waals surface area contributed by atoms with Crippen LogP contribution in [0.25, 0.3) is 110 Å². The highest BCUT2D eigenvalue weighted by molar-refractivity contribution is 6.18. The highest BCUT2D eigenvalue weighted by Gasteiger charge is 2.22. The minimum absolute atomic E-state index is 0.625. The summed E-state index contributed by atoms with van der Waals surface area (Å²) in [6, 6.07) is 55.1. The highest BCUT2D eigenvalue weighted by atomic mass is 16.3. The zero-order valence-corrected chi connectivity index (χ0v) is 26.7. The maximum atomic E-state index is 6.55. The number of nitrogens with zero attached hydrogens (tertiary/aromatic N) is 2. The molecule has 0 amide bonds. The molecule has 11 aromatic rings. The number of hydrogen-bond acceptors (Lipinski definition) is 4. The fourth-order valence-corrected chi connectivity index (χ4v) is 7.71. The Morgan fingerprint density at radius 1 is 0.380 bits per heavy atom. The lowest BCUT2D eigenvalue weighted by molar-refractivity contribution is 0.667. The molecule has 50 heavy (non-hydrogen) atoms. The third kappa shape index (κ3) is 3.99. The van der Waals surface area contributed by atoms with Crippen LogP contribution in [0.1, 0.15) is 0 Å². The average molecular weight is 639 g/mol. The first kappa shape index (κ1) is 27.2. The standard InChI is InChI=1S/C46H26N2O2/c1-2-11-28(12-3-1)43-45-44(37-15-7-9-17-40(37)50-45)48-46(47-43)38-25-31(26-41-42(38)36-14-6-8-16-39(36)49-41)29-19-21-33-30(24-29)20-23-34-32-13-5-4-10-27(32)18-22-35(33)34/h1-26H. The molecule has 4 heteroatoms. The molecule has 0 atom stereocenters. The molecule has 11 rings (SSSR count). The van der Waals surface area contributed by atoms with Gasteiger partial charge >= 0.3 is 0 Å². The second kappa shape index (κ2) is 10.4. The van der Waals surface area contributed by atoms with Crippen LogP contribution in [-0.2, 0) is 0 Å². The molecule has 3 heterocycles. The SMILES string of the molecule is c1ccc(-c2nc(-c3cc(-c4ccc5c(ccc6c7ccccc7ccc56)c4)cc4oc5ccccc5c34)nc3c2oc2ccccc23)cc1. The number of fused-ring (bicyclic) bond motifs is 11. The van der Waals surface area contributed by atoms with Crippen molar-refractivity contribution >= 4 is 76.3 Å². The lowest BCUT2D eigenvalue weighted by Gasteiger charge is -2.12. The fourth-order valence-electron chi connectivity index (χ4n) is 7.71. The monoisotopic (exact) mass is 638 g/mol. The lowest BCUT2D eigenvalue weighted by atomic mass is 9.93. The van der Waals surface area contributed by atoms with Gasteiger partial charge in [-0.3, -0.25) is 0 Å². The van der Waals surface area contributed by atoms with Gasteiger partial charge in [-0.1, -0.05) is 121 Å². The van der Waals surface area contributed by atoms with E-state index >= 15 is 0 Å². The van der Waals surface area contributed by atoms with Crippen LogP contribution in [-0.4, -0.2) is 9.97 Å². The number of rotatable bonds is 3. The van der Waals surface area contributed by atoms with Gasteiger partial charge < -0.3 is 8.83 Å². The van der Waals surface area contributed by atoms with E-state index < -0.39 is 0 Å². The van der Waals surface area contributed by atoms with E-state index in [1.54, 1.807) is 0 Å². The van der Waals surface area contributed by atoms with Crippen LogP contribution in [0.2, 0.25) is 0 Å². The van der Waals surface area contributed by atoms with Crippen molar-refractivity contribution < 1.29 is 8.83 Å². The maximum Gasteiger partial charge on any atom is 0.180 e. The van der Waals surface area contributed by atoms with Gasteiger partial charge in [0.25, 0.3) is 0 Å². The topological polar surface area (TPSA) is 52.1 Å². The van der Waals surface area contributed by atoms with Gasteiger partial charge in [-0.15, -0.1) is 0 Å². The predicted molar refractivity (Wildman–Crippen MR) is 205 cm³/mol. The Hall–Kier alpha value is -6.78. The van der Waals surface area contributed by atoms with E-state index in [-0.39, 0.29) is 0 Å². The minimum atomic E-state index is 0.625. The Balaban J connectivity index is 1.18. The number of benzene rings is 8. The number of hydrogen-bond donors (Lipinski definition) is 0. The molecule has 0 unspecified atom stereocenters. The Kier molecular flexibility index (Phi) is 5.63. The molecular weight excluding hydrogens is 613 g/mol. The van der Waals surface area contributed by atoms with Crippen LogP contribution in [0.5, 0.6) is 0 Å². The van der Waals surface area contributed by atoms with Crippen LogP contribution < -0.4 is 0 Å². The van der Waals surface area contributed by atoms with E-state index in [1.807, 2.05) is 48.5 Å². The second-order valence-electron chi connectivity index (χ2n) is 12.9. The molecule has 232 valence electrons. The summed E-state index contributed by atoms with van der Waals surface area (Å²) in [5, 5.41) is 10.4. The van der Waals surface area contributed by atoms with E-state index in [1.165, 1.54) is 32.3 Å². The fraction of sp³-hybridized carbons (Fsp3) is 0. The van der Waals surface area contributed by atoms with Crippen LogP contribution >= 0.6 is 0 Å². The van der Waals surface area contributed by atoms with Crippen LogP contribution in [0.3, 0.4) is 0 Å². The zero-order valence-electron chi connectivity index (χ0n) is 26.7. The lowest BCUT2D eigenvalue weighted by Crippen LogP contribution is -1.95. The van der Waals surface area contributed by atoms with E-state index in [0.29, 0.717) is 11.4 Å². The second-order valence-corrected chi connectivity index (χ2v) is 12.9. The van der Waals surface area contributed by atoms with Gasteiger partial charge in [-0.05, 0) is 79.8 Å². The van der Waals surface area contributed by atoms with Gasteiger partial charge in [0.05, 0.1) is 0 Å². The van der Waals surface area contributed by atoms with E-state index in [0.717, 1.165) is 66.4 Å². The van der Waals surface area contributed by atoms with Gasteiger partial charge in [-0.2, -0.15) is 0 Å². The quantitative estimate of drug-likeness (QED) is 0.181. The summed E-state index contributed by atoms with van der Waals surface area (Å²) in [5.41, 5.74) is 8.67. The Bertz CT molecular complexity index is 3150. The number of aromatic nitrogens is 2. The molecule has 0 N–H and O–H groups in total. The summed E-state index contributed by atoms with van der Waals surface area (Å²) in [6.45, 7) is 0. The molecule has 0 aliphatic rings. The Labute approximate surface area is 285 Å². The molecule has 0 radical (unpaired) electrons. The van der Waals surface area contributed by atoms with Crippen LogP contribution in [0, 0.1) is 0 Å². The molecule has 0 aliphatic heterocycles. The first-order chi connectivity index (χ1) is 24.8. The van der Waals surface area contributed by atoms with Gasteiger partial charge in [-0.25, -0.2) is 9.97 Å². The van der Waals surface area contributed by atoms with Crippen LogP contribution in [0.15, 0.2) is 167 Å². The van der Waals surface area contributed by atoms with Crippen molar-refractivity contribution in [1.82, 2.24) is 9.97 Å². The largest absolute Gasteiger partial charge is 0.456 e. The Morgan fingerprint density at radius 3 is 1.88 bits per heavy atom. The molecule has 8 aromatic carbocycles. The molecule has 0 bridgehead atoms. The first-order valence-electron chi connectivity index (χ1n) is 16.8. The summed E-state index contributed by atoms with van der Waals surface area (Å²) < 4.78 is 13.0. The summed E-state index contributed by atoms with van der Waals surface area (Å²) in [5.74, 6) is 0.625. The summed E-state index contributed by atoms with van der Waals surface area (Å²) in [4.78, 5) is 10.5. The van der Waals surface area contributed by atoms with Crippen molar-refractivity contribution in [1.29, 1.82) is 0 Å². The molecule has 0 spiro atoms. The smallest absolute Gasteiger partial charge is 0.180 e. The molecule has 0 fully saturated rings. The maximum absolute atomic E-state index is 6.55. The van der Waals surface area contributed by atoms with Crippen LogP contribution in [0.4, 0.5) is 0 Å². The predicted octanol–water partition coefficient (Wildman–Crippen LogP) is 12.7. The first-order valence-corrected chi connectivity index (χ1v) is 16.8. The van der Waals surface area contributed by atoms with E-state index in [9.17, 15) is 0 Å². The number of para-hydroxylation sites is 2. The summed E-state index contributed by atoms with van der Waals surface area (Å²) >= 11 is 0. The average Bonchev–Trinajstić information content (AvgIpc) is 3.75. The van der Waals surface area contributed by atoms with Crippen molar-refractivity contribution in [3.63, 3.8) is 0 Å². The Morgan fingerprint density at radius 2 is 1.04 bits per heavy atom.